The topological polar surface area (TPSA) is 26.3 Å². The zero-order valence-electron chi connectivity index (χ0n) is 7.88. The van der Waals surface area contributed by atoms with Crippen LogP contribution in [0.3, 0.4) is 0 Å². The zero-order chi connectivity index (χ0) is 9.23. The minimum atomic E-state index is 0.0214. The van der Waals surface area contributed by atoms with Gasteiger partial charge in [0.2, 0.25) is 0 Å². The van der Waals surface area contributed by atoms with Crippen molar-refractivity contribution in [2.75, 3.05) is 0 Å². The van der Waals surface area contributed by atoms with Crippen LogP contribution in [0.25, 0.3) is 0 Å². The molecule has 0 heterocycles. The summed E-state index contributed by atoms with van der Waals surface area (Å²) in [5, 5.41) is 0. The van der Waals surface area contributed by atoms with Crippen LogP contribution in [-0.2, 0) is 9.53 Å². The Hall–Kier alpha value is -0.790. The maximum atomic E-state index is 9.79. The first-order chi connectivity index (χ1) is 5.81. The van der Waals surface area contributed by atoms with E-state index in [1.54, 1.807) is 0 Å². The standard InChI is InChI=1S/C10H17O2/c1-3-4-5-6-7-8-10(2)12-9-11/h3-4,10H,5-8H2,1-2H3/b4-3+. The molecule has 1 radical (unpaired) electrons. The van der Waals surface area contributed by atoms with E-state index in [9.17, 15) is 4.79 Å². The highest BCUT2D eigenvalue weighted by Gasteiger charge is 2.00. The molecule has 2 heteroatoms. The Kier molecular flexibility index (Phi) is 7.76. The number of unbranched alkanes of at least 4 members (excludes halogenated alkanes) is 2. The molecule has 0 aliphatic heterocycles. The Morgan fingerprint density at radius 3 is 2.83 bits per heavy atom. The van der Waals surface area contributed by atoms with Gasteiger partial charge in [-0.05, 0) is 39.5 Å². The molecule has 0 fully saturated rings. The van der Waals surface area contributed by atoms with Crippen molar-refractivity contribution in [2.24, 2.45) is 0 Å². The summed E-state index contributed by atoms with van der Waals surface area (Å²) < 4.78 is 4.62. The average Bonchev–Trinajstić information content (AvgIpc) is 2.05. The molecule has 0 bridgehead atoms. The number of ether oxygens (including phenoxy) is 1. The van der Waals surface area contributed by atoms with Crippen LogP contribution < -0.4 is 0 Å². The van der Waals surface area contributed by atoms with E-state index < -0.39 is 0 Å². The van der Waals surface area contributed by atoms with E-state index in [4.69, 9.17) is 0 Å². The minimum Gasteiger partial charge on any atom is -0.454 e. The van der Waals surface area contributed by atoms with Crippen LogP contribution in [0.15, 0.2) is 12.2 Å². The highest BCUT2D eigenvalue weighted by Crippen LogP contribution is 2.05. The fraction of sp³-hybridized carbons (Fsp3) is 0.700. The van der Waals surface area contributed by atoms with Crippen LogP contribution >= 0.6 is 0 Å². The Bertz CT molecular complexity index is 130. The lowest BCUT2D eigenvalue weighted by Crippen LogP contribution is -2.05. The third-order valence-electron chi connectivity index (χ3n) is 1.72. The van der Waals surface area contributed by atoms with Gasteiger partial charge in [-0.2, -0.15) is 0 Å². The molecule has 0 aromatic heterocycles. The molecule has 0 saturated heterocycles. The summed E-state index contributed by atoms with van der Waals surface area (Å²) in [4.78, 5) is 9.79. The first kappa shape index (κ1) is 11.2. The number of allylic oxidation sites excluding steroid dienone is 2. The van der Waals surface area contributed by atoms with Crippen LogP contribution in [0, 0.1) is 0 Å². The van der Waals surface area contributed by atoms with E-state index in [1.807, 2.05) is 13.8 Å². The lowest BCUT2D eigenvalue weighted by molar-refractivity contribution is 0.181. The SMILES string of the molecule is C/C=C/CCCCC(C)O[C]=O. The molecule has 0 aliphatic carbocycles. The van der Waals surface area contributed by atoms with Gasteiger partial charge in [-0.3, -0.25) is 0 Å². The molecule has 0 aromatic carbocycles. The van der Waals surface area contributed by atoms with Crippen LogP contribution in [0.5, 0.6) is 0 Å². The quantitative estimate of drug-likeness (QED) is 0.432. The van der Waals surface area contributed by atoms with Crippen molar-refractivity contribution >= 4 is 6.47 Å². The van der Waals surface area contributed by atoms with E-state index in [-0.39, 0.29) is 6.10 Å². The van der Waals surface area contributed by atoms with Gasteiger partial charge in [0.05, 0.1) is 6.10 Å². The maximum Gasteiger partial charge on any atom is 0.417 e. The minimum absolute atomic E-state index is 0.0214. The first-order valence-corrected chi connectivity index (χ1v) is 4.45. The Labute approximate surface area is 74.6 Å². The molecule has 0 aromatic rings. The molecule has 0 N–H and O–H groups in total. The number of rotatable bonds is 7. The summed E-state index contributed by atoms with van der Waals surface area (Å²) in [6, 6.07) is 0. The second-order valence-electron chi connectivity index (χ2n) is 2.87. The molecular formula is C10H17O2. The Morgan fingerprint density at radius 1 is 1.50 bits per heavy atom. The third kappa shape index (κ3) is 7.32. The molecule has 69 valence electrons. The van der Waals surface area contributed by atoms with E-state index in [2.05, 4.69) is 16.9 Å². The monoisotopic (exact) mass is 169 g/mol. The second-order valence-corrected chi connectivity index (χ2v) is 2.87. The van der Waals surface area contributed by atoms with Gasteiger partial charge in [0.15, 0.2) is 0 Å². The largest absolute Gasteiger partial charge is 0.454 e. The third-order valence-corrected chi connectivity index (χ3v) is 1.72. The molecule has 0 saturated carbocycles. The van der Waals surface area contributed by atoms with E-state index in [0.717, 1.165) is 25.7 Å². The summed E-state index contributed by atoms with van der Waals surface area (Å²) >= 11 is 0. The van der Waals surface area contributed by atoms with Crippen LogP contribution in [-0.4, -0.2) is 12.6 Å². The Balaban J connectivity index is 3.13. The van der Waals surface area contributed by atoms with Crippen molar-refractivity contribution in [3.05, 3.63) is 12.2 Å². The van der Waals surface area contributed by atoms with Crippen molar-refractivity contribution < 1.29 is 9.53 Å². The summed E-state index contributed by atoms with van der Waals surface area (Å²) in [7, 11) is 0. The average molecular weight is 169 g/mol. The van der Waals surface area contributed by atoms with Gasteiger partial charge in [-0.25, -0.2) is 4.79 Å². The van der Waals surface area contributed by atoms with Crippen molar-refractivity contribution in [3.63, 3.8) is 0 Å². The van der Waals surface area contributed by atoms with Gasteiger partial charge in [0, 0.05) is 0 Å². The summed E-state index contributed by atoms with van der Waals surface area (Å²) in [5.41, 5.74) is 0. The molecule has 1 unspecified atom stereocenters. The molecule has 0 spiro atoms. The molecule has 0 amide bonds. The molecular weight excluding hydrogens is 152 g/mol. The van der Waals surface area contributed by atoms with Crippen molar-refractivity contribution in [2.45, 2.75) is 45.6 Å². The van der Waals surface area contributed by atoms with Gasteiger partial charge in [-0.1, -0.05) is 12.2 Å². The normalized spacial score (nSPS) is 13.2. The van der Waals surface area contributed by atoms with Crippen molar-refractivity contribution in [3.8, 4) is 0 Å². The molecule has 0 rings (SSSR count). The molecule has 2 nitrogen and oxygen atoms in total. The lowest BCUT2D eigenvalue weighted by Gasteiger charge is -2.06. The molecule has 1 atom stereocenters. The van der Waals surface area contributed by atoms with E-state index in [1.165, 1.54) is 6.47 Å². The van der Waals surface area contributed by atoms with Gasteiger partial charge < -0.3 is 4.74 Å². The zero-order valence-corrected chi connectivity index (χ0v) is 7.88. The van der Waals surface area contributed by atoms with Gasteiger partial charge in [-0.15, -0.1) is 0 Å². The highest BCUT2D eigenvalue weighted by atomic mass is 16.5. The van der Waals surface area contributed by atoms with Crippen molar-refractivity contribution in [1.82, 2.24) is 0 Å². The smallest absolute Gasteiger partial charge is 0.417 e. The summed E-state index contributed by atoms with van der Waals surface area (Å²) in [6.45, 7) is 5.37. The molecule has 12 heavy (non-hydrogen) atoms. The van der Waals surface area contributed by atoms with Crippen LogP contribution in [0.1, 0.15) is 39.5 Å². The highest BCUT2D eigenvalue weighted by molar-refractivity contribution is 5.38. The van der Waals surface area contributed by atoms with Gasteiger partial charge in [0.25, 0.3) is 0 Å². The Morgan fingerprint density at radius 2 is 2.25 bits per heavy atom. The van der Waals surface area contributed by atoms with E-state index >= 15 is 0 Å². The second kappa shape index (κ2) is 8.31. The fourth-order valence-corrected chi connectivity index (χ4v) is 1.00. The lowest BCUT2D eigenvalue weighted by atomic mass is 10.1. The maximum absolute atomic E-state index is 9.79. The van der Waals surface area contributed by atoms with Gasteiger partial charge in [0.1, 0.15) is 0 Å². The summed E-state index contributed by atoms with van der Waals surface area (Å²) in [6.07, 6.45) is 8.55. The number of hydrogen-bond acceptors (Lipinski definition) is 2. The fourth-order valence-electron chi connectivity index (χ4n) is 1.00. The number of carbonyl (C=O) groups excluding carboxylic acids is 1. The first-order valence-electron chi connectivity index (χ1n) is 4.45. The predicted molar refractivity (Wildman–Crippen MR) is 49.5 cm³/mol. The summed E-state index contributed by atoms with van der Waals surface area (Å²) in [5.74, 6) is 0. The van der Waals surface area contributed by atoms with Gasteiger partial charge >= 0.3 is 6.47 Å². The van der Waals surface area contributed by atoms with E-state index in [0.29, 0.717) is 0 Å². The van der Waals surface area contributed by atoms with Crippen LogP contribution in [0.2, 0.25) is 0 Å². The number of hydrogen-bond donors (Lipinski definition) is 0. The predicted octanol–water partition coefficient (Wildman–Crippen LogP) is 2.60. The van der Waals surface area contributed by atoms with Crippen LogP contribution in [0.4, 0.5) is 0 Å². The van der Waals surface area contributed by atoms with Crippen molar-refractivity contribution in [1.29, 1.82) is 0 Å². The molecule has 0 aliphatic rings.